The Kier molecular flexibility index (Phi) is 26.6. The Labute approximate surface area is 589 Å². The highest BCUT2D eigenvalue weighted by molar-refractivity contribution is 7.44. The average Bonchev–Trinajstić information content (AvgIpc) is 1.35. The van der Waals surface area contributed by atoms with Gasteiger partial charge in [-0.1, -0.05) is 166 Å². The number of ether oxygens (including phenoxy) is 4. The maximum Gasteiger partial charge on any atom is 0.407 e. The quantitative estimate of drug-likeness (QED) is 0.0122. The molecule has 2 N–H and O–H groups in total. The molecular weight excluding hydrogens is 1270 g/mol. The minimum absolute atomic E-state index is 0.0459. The molecule has 3 unspecified atom stereocenters. The monoisotopic (exact) mass is 1390 g/mol. The highest BCUT2D eigenvalue weighted by Gasteiger charge is 2.60. The van der Waals surface area contributed by atoms with Crippen LogP contribution in [0.15, 0.2) is 109 Å². The van der Waals surface area contributed by atoms with Gasteiger partial charge in [0.25, 0.3) is 8.53 Å². The van der Waals surface area contributed by atoms with Crippen LogP contribution in [0.2, 0.25) is 18.1 Å². The lowest BCUT2D eigenvalue weighted by atomic mass is 9.47. The summed E-state index contributed by atoms with van der Waals surface area (Å²) in [6.07, 6.45) is 13.4. The number of nitrogens with one attached hydrogen (secondary N) is 2. The first-order chi connectivity index (χ1) is 46.6. The third kappa shape index (κ3) is 17.7. The summed E-state index contributed by atoms with van der Waals surface area (Å²) >= 11 is 0. The minimum Gasteiger partial charge on any atom is -0.497 e. The molecular formula is C81H117F2N4O9PSi. The van der Waals surface area contributed by atoms with Crippen molar-refractivity contribution in [3.05, 3.63) is 160 Å². The number of unbranched alkanes of at least 4 members (excludes halogenated alkanes) is 2. The first-order valence-electron chi connectivity index (χ1n) is 37.0. The molecule has 2 amide bonds. The Morgan fingerprint density at radius 2 is 1.47 bits per heavy atom. The lowest BCUT2D eigenvalue weighted by Crippen LogP contribution is -2.51. The maximum absolute atomic E-state index is 17.1. The maximum atomic E-state index is 17.1. The number of hydrogen-bond acceptors (Lipinski definition) is 10. The largest absolute Gasteiger partial charge is 0.497 e. The standard InChI is InChI=1S/C81H117F2N4O9PSi/c1-54(2)27-26-28-57(7)67-40-41-68-65-39-36-62-50-64(42-44-79(62,11)69(65)43-45-80(67,68)12)93-77(89)85-46-25-19-24-33-73(88)86-52-58-49-66(71(83)51-70(58)82)74-76(96-98(15,16)78(8,9)10)75(95-97(92-48-47-84-13)87(55(3)4)56(5)6)72(94-74)53-91-81(59-29-20-17-21-30-59,60-31-22-18-23-32-60)61-34-37-63(90-14)38-35-61/h17-18,20-23,29-32,34-38,49,51,54-57,64-65,67-69,72,74-76H,19,24-28,33,39-48,50,52-53H2,1-12,14-16H3,(H,85,89)(H,86,88)/t57-,64+,65?,67-,68+,69+,72-,74+,75+,76?,79+,80-,97?/m1/s1. The molecule has 98 heavy (non-hydrogen) atoms. The van der Waals surface area contributed by atoms with E-state index in [9.17, 15) is 9.59 Å². The molecule has 4 fully saturated rings. The van der Waals surface area contributed by atoms with E-state index >= 15 is 8.78 Å². The molecule has 1 aliphatic heterocycles. The predicted molar refractivity (Wildman–Crippen MR) is 391 cm³/mol. The summed E-state index contributed by atoms with van der Waals surface area (Å²) in [5, 5.41) is 5.55. The summed E-state index contributed by atoms with van der Waals surface area (Å²) < 4.78 is 83.5. The predicted octanol–water partition coefficient (Wildman–Crippen LogP) is 19.8. The van der Waals surface area contributed by atoms with Crippen molar-refractivity contribution >= 4 is 28.8 Å². The van der Waals surface area contributed by atoms with Crippen LogP contribution in [-0.2, 0) is 44.6 Å². The van der Waals surface area contributed by atoms with E-state index in [-0.39, 0.29) is 84.5 Å². The molecule has 9 rings (SSSR count). The number of rotatable bonds is 32. The zero-order valence-electron chi connectivity index (χ0n) is 61.7. The topological polar surface area (TPSA) is 130 Å². The highest BCUT2D eigenvalue weighted by Crippen LogP contribution is 2.68. The van der Waals surface area contributed by atoms with Crippen LogP contribution in [0.1, 0.15) is 213 Å². The van der Waals surface area contributed by atoms with Gasteiger partial charge in [0, 0.05) is 55.2 Å². The molecule has 0 spiro atoms. The third-order valence-electron chi connectivity index (χ3n) is 23.6. The molecule has 17 heteroatoms. The normalized spacial score (nSPS) is 26.3. The highest BCUT2D eigenvalue weighted by atomic mass is 31.2. The summed E-state index contributed by atoms with van der Waals surface area (Å²) in [6.45, 7) is 39.3. The zero-order valence-corrected chi connectivity index (χ0v) is 63.6. The molecule has 1 saturated heterocycles. The van der Waals surface area contributed by atoms with E-state index in [1.165, 1.54) is 56.6 Å². The first kappa shape index (κ1) is 77.1. The van der Waals surface area contributed by atoms with Gasteiger partial charge in [-0.05, 0) is 185 Å². The second-order valence-electron chi connectivity index (χ2n) is 32.0. The molecule has 4 aromatic rings. The van der Waals surface area contributed by atoms with E-state index < -0.39 is 58.5 Å². The third-order valence-corrected chi connectivity index (χ3v) is 30.2. The smallest absolute Gasteiger partial charge is 0.407 e. The number of hydrogen-bond donors (Lipinski definition) is 2. The van der Waals surface area contributed by atoms with Gasteiger partial charge in [-0.25, -0.2) is 24.8 Å². The number of amides is 2. The van der Waals surface area contributed by atoms with Gasteiger partial charge >= 0.3 is 6.09 Å². The SMILES string of the molecule is [C-]#[N+]CCOP(O[C@@H]1C(O[Si](C)(C)C(C)(C)C)[C@H](c2cc(CNC(=O)CCCCCNC(=O)O[C@H]3CC[C@@]4(C)C(=CCC5[C@@H]6CC[C@H]([C@H](C)CCCC(C)C)[C@@]6(C)CC[C@@H]54)C3)c(F)cc2F)O[C@@H]1COC(c1ccccc1)(c1ccccc1)c1ccc(OC)cc1)N(C(C)C)C(C)C. The van der Waals surface area contributed by atoms with E-state index in [2.05, 4.69) is 122 Å². The summed E-state index contributed by atoms with van der Waals surface area (Å²) in [5.74, 6) is 3.41. The molecule has 0 radical (unpaired) electrons. The van der Waals surface area contributed by atoms with Crippen molar-refractivity contribution in [2.75, 3.05) is 33.4 Å². The fourth-order valence-electron chi connectivity index (χ4n) is 17.4. The van der Waals surface area contributed by atoms with Crippen LogP contribution < -0.4 is 15.4 Å². The van der Waals surface area contributed by atoms with Crippen LogP contribution in [0.5, 0.6) is 5.75 Å². The number of nitrogens with zero attached hydrogens (tertiary/aromatic N) is 2. The van der Waals surface area contributed by atoms with E-state index in [1.807, 2.05) is 84.9 Å². The lowest BCUT2D eigenvalue weighted by Gasteiger charge is -2.58. The summed E-state index contributed by atoms with van der Waals surface area (Å²) in [5.41, 5.74) is 3.52. The zero-order chi connectivity index (χ0) is 70.7. The molecule has 538 valence electrons. The van der Waals surface area contributed by atoms with E-state index in [4.69, 9.17) is 39.0 Å². The minimum atomic E-state index is -2.81. The van der Waals surface area contributed by atoms with Crippen LogP contribution >= 0.6 is 8.53 Å². The summed E-state index contributed by atoms with van der Waals surface area (Å²) in [7, 11) is -3.11. The Morgan fingerprint density at radius 3 is 2.10 bits per heavy atom. The molecule has 13 nitrogen and oxygen atoms in total. The number of fused-ring (bicyclic) bond motifs is 5. The van der Waals surface area contributed by atoms with Crippen molar-refractivity contribution < 1.29 is 50.8 Å². The van der Waals surface area contributed by atoms with E-state index in [0.29, 0.717) is 42.9 Å². The van der Waals surface area contributed by atoms with Crippen LogP contribution in [0, 0.1) is 64.5 Å². The van der Waals surface area contributed by atoms with Gasteiger partial charge in [0.1, 0.15) is 60.1 Å². The number of carbonyl (C=O) groups excluding carboxylic acids is 2. The molecule has 3 saturated carbocycles. The molecule has 0 aromatic heterocycles. The molecule has 4 aromatic carbocycles. The number of alkyl carbamates (subject to hydrolysis) is 1. The van der Waals surface area contributed by atoms with Crippen molar-refractivity contribution in [2.45, 2.75) is 252 Å². The van der Waals surface area contributed by atoms with E-state index in [1.54, 1.807) is 7.11 Å². The molecule has 4 aliphatic carbocycles. The van der Waals surface area contributed by atoms with Crippen LogP contribution in [0.3, 0.4) is 0 Å². The fraction of sp³-hybridized carbons (Fsp3) is 0.642. The van der Waals surface area contributed by atoms with Crippen LogP contribution in [0.25, 0.3) is 4.85 Å². The van der Waals surface area contributed by atoms with Gasteiger partial charge in [-0.3, -0.25) is 4.79 Å². The number of methoxy groups -OCH3 is 1. The fourth-order valence-corrected chi connectivity index (χ4v) is 20.4. The van der Waals surface area contributed by atoms with Gasteiger partial charge in [0.05, 0.1) is 13.7 Å². The van der Waals surface area contributed by atoms with Crippen molar-refractivity contribution in [1.29, 1.82) is 0 Å². The van der Waals surface area contributed by atoms with Crippen molar-refractivity contribution in [1.82, 2.24) is 15.3 Å². The molecule has 5 aliphatic rings. The molecule has 13 atom stereocenters. The number of allylic oxidation sites excluding steroid dienone is 1. The Balaban J connectivity index is 0.863. The second kappa shape index (κ2) is 33.8. The number of benzene rings is 4. The van der Waals surface area contributed by atoms with Gasteiger partial charge in [0.2, 0.25) is 12.5 Å². The van der Waals surface area contributed by atoms with Gasteiger partial charge in [-0.2, -0.15) is 0 Å². The molecule has 1 heterocycles. The van der Waals surface area contributed by atoms with Crippen LogP contribution in [-0.4, -0.2) is 94.9 Å². The number of halogens is 2. The Hall–Kier alpha value is -5.08. The van der Waals surface area contributed by atoms with Crippen molar-refractivity contribution in [3.8, 4) is 5.75 Å². The Morgan fingerprint density at radius 1 is 0.796 bits per heavy atom. The van der Waals surface area contributed by atoms with Crippen molar-refractivity contribution in [2.24, 2.45) is 46.3 Å². The van der Waals surface area contributed by atoms with Crippen molar-refractivity contribution in [3.63, 3.8) is 0 Å². The van der Waals surface area contributed by atoms with E-state index in [0.717, 1.165) is 78.0 Å². The second-order valence-corrected chi connectivity index (χ2v) is 38.2. The lowest BCUT2D eigenvalue weighted by molar-refractivity contribution is -0.121. The first-order valence-corrected chi connectivity index (χ1v) is 41.0. The Bertz CT molecular complexity index is 3260. The van der Waals surface area contributed by atoms with Gasteiger partial charge in [0.15, 0.2) is 8.32 Å². The van der Waals surface area contributed by atoms with Gasteiger partial charge in [-0.15, -0.1) is 0 Å². The number of carbonyl (C=O) groups is 2. The summed E-state index contributed by atoms with van der Waals surface area (Å²) in [6, 6.07) is 29.9. The van der Waals surface area contributed by atoms with Gasteiger partial charge < -0.3 is 47.9 Å². The summed E-state index contributed by atoms with van der Waals surface area (Å²) in [4.78, 5) is 30.4. The molecule has 0 bridgehead atoms. The van der Waals surface area contributed by atoms with Crippen LogP contribution in [0.4, 0.5) is 13.6 Å². The average molecular weight is 1390 g/mol.